The summed E-state index contributed by atoms with van der Waals surface area (Å²) in [6.07, 6.45) is 1.77. The fourth-order valence-electron chi connectivity index (χ4n) is 1.61. The maximum absolute atomic E-state index is 11.9. The number of ketones is 1. The zero-order chi connectivity index (χ0) is 13.0. The van der Waals surface area contributed by atoms with Gasteiger partial charge in [0.25, 0.3) is 0 Å². The number of carbonyl (C=O) groups is 1. The molecule has 0 saturated carbocycles. The highest BCUT2D eigenvalue weighted by atomic mass is 16.3. The second kappa shape index (κ2) is 5.42. The van der Waals surface area contributed by atoms with E-state index in [9.17, 15) is 9.90 Å². The molecule has 6 nitrogen and oxygen atoms in total. The first kappa shape index (κ1) is 12.3. The Labute approximate surface area is 104 Å². The van der Waals surface area contributed by atoms with Gasteiger partial charge in [-0.2, -0.15) is 0 Å². The van der Waals surface area contributed by atoms with Crippen LogP contribution in [0.1, 0.15) is 16.1 Å². The molecule has 0 atom stereocenters. The van der Waals surface area contributed by atoms with Crippen LogP contribution < -0.4 is 5.73 Å². The number of phenolic OH excluding ortho intramolecular Hbond substituents is 1. The highest BCUT2D eigenvalue weighted by Gasteiger charge is 2.11. The van der Waals surface area contributed by atoms with Crippen molar-refractivity contribution in [1.29, 1.82) is 0 Å². The summed E-state index contributed by atoms with van der Waals surface area (Å²) in [5.41, 5.74) is 6.44. The minimum absolute atomic E-state index is 0.135. The van der Waals surface area contributed by atoms with E-state index in [1.165, 1.54) is 4.68 Å². The van der Waals surface area contributed by atoms with Crippen LogP contribution in [0.15, 0.2) is 30.5 Å². The van der Waals surface area contributed by atoms with Gasteiger partial charge in [0.05, 0.1) is 12.7 Å². The molecule has 0 unspecified atom stereocenters. The van der Waals surface area contributed by atoms with E-state index in [-0.39, 0.29) is 18.0 Å². The van der Waals surface area contributed by atoms with E-state index in [4.69, 9.17) is 5.73 Å². The van der Waals surface area contributed by atoms with Crippen molar-refractivity contribution in [3.05, 3.63) is 41.7 Å². The molecule has 3 N–H and O–H groups in total. The van der Waals surface area contributed by atoms with Crippen LogP contribution in [0.25, 0.3) is 0 Å². The van der Waals surface area contributed by atoms with Crippen LogP contribution in [-0.4, -0.2) is 32.4 Å². The number of nitrogens with two attached hydrogens (primary N) is 1. The predicted octanol–water partition coefficient (Wildman–Crippen LogP) is 0.368. The fourth-order valence-corrected chi connectivity index (χ4v) is 1.61. The number of aromatic nitrogens is 3. The first-order chi connectivity index (χ1) is 8.69. The van der Waals surface area contributed by atoms with Gasteiger partial charge in [-0.15, -0.1) is 5.10 Å². The summed E-state index contributed by atoms with van der Waals surface area (Å²) in [5, 5.41) is 16.9. The van der Waals surface area contributed by atoms with Crippen molar-refractivity contribution in [2.45, 2.75) is 13.0 Å². The molecule has 0 aliphatic heterocycles. The number of rotatable bonds is 5. The summed E-state index contributed by atoms with van der Waals surface area (Å²) in [4.78, 5) is 11.9. The molecule has 2 rings (SSSR count). The van der Waals surface area contributed by atoms with Crippen molar-refractivity contribution in [1.82, 2.24) is 15.0 Å². The molecule has 0 aliphatic carbocycles. The first-order valence-corrected chi connectivity index (χ1v) is 5.60. The van der Waals surface area contributed by atoms with Gasteiger partial charge in [0, 0.05) is 13.0 Å². The van der Waals surface area contributed by atoms with Crippen molar-refractivity contribution < 1.29 is 9.90 Å². The second-order valence-electron chi connectivity index (χ2n) is 3.93. The lowest BCUT2D eigenvalue weighted by Crippen LogP contribution is -2.10. The zero-order valence-corrected chi connectivity index (χ0v) is 9.78. The average molecular weight is 246 g/mol. The van der Waals surface area contributed by atoms with Gasteiger partial charge >= 0.3 is 0 Å². The molecule has 0 bridgehead atoms. The monoisotopic (exact) mass is 246 g/mol. The van der Waals surface area contributed by atoms with Crippen LogP contribution in [0.4, 0.5) is 0 Å². The summed E-state index contributed by atoms with van der Waals surface area (Å²) in [5.74, 6) is 0.0101. The summed E-state index contributed by atoms with van der Waals surface area (Å²) in [7, 11) is 0. The molecule has 0 amide bonds. The van der Waals surface area contributed by atoms with Crippen molar-refractivity contribution in [2.24, 2.45) is 5.73 Å². The van der Waals surface area contributed by atoms with Crippen LogP contribution in [-0.2, 0) is 13.0 Å². The van der Waals surface area contributed by atoms with E-state index in [0.717, 1.165) is 5.56 Å². The molecular formula is C12H14N4O2. The largest absolute Gasteiger partial charge is 0.508 e. The number of nitrogens with zero attached hydrogens (tertiary/aromatic N) is 3. The van der Waals surface area contributed by atoms with Gasteiger partial charge in [-0.1, -0.05) is 17.3 Å². The Morgan fingerprint density at radius 3 is 3.00 bits per heavy atom. The van der Waals surface area contributed by atoms with Crippen molar-refractivity contribution in [3.63, 3.8) is 0 Å². The molecule has 1 aromatic carbocycles. The number of hydrogen-bond acceptors (Lipinski definition) is 5. The van der Waals surface area contributed by atoms with Gasteiger partial charge in [0.15, 0.2) is 5.78 Å². The van der Waals surface area contributed by atoms with Gasteiger partial charge in [0.2, 0.25) is 0 Å². The van der Waals surface area contributed by atoms with Crippen LogP contribution in [0.3, 0.4) is 0 Å². The molecule has 2 aromatic rings. The van der Waals surface area contributed by atoms with E-state index in [1.807, 2.05) is 0 Å². The lowest BCUT2D eigenvalue weighted by Gasteiger charge is -1.99. The molecule has 1 aromatic heterocycles. The van der Waals surface area contributed by atoms with Crippen molar-refractivity contribution in [3.8, 4) is 5.75 Å². The fraction of sp³-hybridized carbons (Fsp3) is 0.250. The number of hydrogen-bond donors (Lipinski definition) is 2. The van der Waals surface area contributed by atoms with Gasteiger partial charge in [-0.3, -0.25) is 9.48 Å². The van der Waals surface area contributed by atoms with Gasteiger partial charge in [-0.25, -0.2) is 0 Å². The molecule has 18 heavy (non-hydrogen) atoms. The smallest absolute Gasteiger partial charge is 0.189 e. The van der Waals surface area contributed by atoms with Crippen LogP contribution >= 0.6 is 0 Å². The molecule has 94 valence electrons. The standard InChI is InChI=1S/C12H14N4O2/c13-4-5-16-8-11(14-15-16)12(18)7-9-2-1-3-10(17)6-9/h1-3,6,8,17H,4-5,7,13H2. The molecule has 0 aliphatic rings. The third kappa shape index (κ3) is 2.92. The normalized spacial score (nSPS) is 10.5. The Balaban J connectivity index is 2.07. The highest BCUT2D eigenvalue weighted by Crippen LogP contribution is 2.12. The number of benzene rings is 1. The molecule has 0 fully saturated rings. The van der Waals surface area contributed by atoms with Crippen molar-refractivity contribution >= 4 is 5.78 Å². The number of Topliss-reactive ketones (excluding diaryl/α,β-unsaturated/α-hetero) is 1. The Bertz CT molecular complexity index is 551. The Kier molecular flexibility index (Phi) is 3.69. The molecule has 0 saturated heterocycles. The van der Waals surface area contributed by atoms with Crippen molar-refractivity contribution in [2.75, 3.05) is 6.54 Å². The quantitative estimate of drug-likeness (QED) is 0.743. The summed E-state index contributed by atoms with van der Waals surface area (Å²) in [6, 6.07) is 6.60. The molecule has 0 spiro atoms. The highest BCUT2D eigenvalue weighted by molar-refractivity contribution is 5.95. The topological polar surface area (TPSA) is 94.0 Å². The maximum Gasteiger partial charge on any atom is 0.189 e. The third-order valence-electron chi connectivity index (χ3n) is 2.46. The lowest BCUT2D eigenvalue weighted by atomic mass is 10.1. The Morgan fingerprint density at radius 1 is 1.44 bits per heavy atom. The SMILES string of the molecule is NCCn1cc(C(=O)Cc2cccc(O)c2)nn1. The Morgan fingerprint density at radius 2 is 2.28 bits per heavy atom. The maximum atomic E-state index is 11.9. The van der Waals surface area contributed by atoms with Crippen LogP contribution in [0.5, 0.6) is 5.75 Å². The predicted molar refractivity (Wildman–Crippen MR) is 65.2 cm³/mol. The summed E-state index contributed by atoms with van der Waals surface area (Å²) < 4.78 is 1.54. The second-order valence-corrected chi connectivity index (χ2v) is 3.93. The third-order valence-corrected chi connectivity index (χ3v) is 2.46. The zero-order valence-electron chi connectivity index (χ0n) is 9.78. The lowest BCUT2D eigenvalue weighted by molar-refractivity contribution is 0.0988. The van der Waals surface area contributed by atoms with E-state index < -0.39 is 0 Å². The van der Waals surface area contributed by atoms with E-state index in [1.54, 1.807) is 30.5 Å². The molecule has 6 heteroatoms. The molecule has 0 radical (unpaired) electrons. The minimum Gasteiger partial charge on any atom is -0.508 e. The number of carbonyl (C=O) groups excluding carboxylic acids is 1. The van der Waals surface area contributed by atoms with Gasteiger partial charge in [0.1, 0.15) is 11.4 Å². The summed E-state index contributed by atoms with van der Waals surface area (Å²) >= 11 is 0. The molecular weight excluding hydrogens is 232 g/mol. The average Bonchev–Trinajstić information content (AvgIpc) is 2.78. The Hall–Kier alpha value is -2.21. The number of aromatic hydroxyl groups is 1. The summed E-state index contributed by atoms with van der Waals surface area (Å²) in [6.45, 7) is 0.982. The first-order valence-electron chi connectivity index (χ1n) is 5.60. The number of phenols is 1. The minimum atomic E-state index is -0.135. The molecule has 1 heterocycles. The van der Waals surface area contributed by atoms with E-state index in [0.29, 0.717) is 18.8 Å². The van der Waals surface area contributed by atoms with Crippen LogP contribution in [0, 0.1) is 0 Å². The van der Waals surface area contributed by atoms with E-state index in [2.05, 4.69) is 10.3 Å². The van der Waals surface area contributed by atoms with Gasteiger partial charge < -0.3 is 10.8 Å². The van der Waals surface area contributed by atoms with Gasteiger partial charge in [-0.05, 0) is 17.7 Å². The van der Waals surface area contributed by atoms with Crippen LogP contribution in [0.2, 0.25) is 0 Å². The van der Waals surface area contributed by atoms with E-state index >= 15 is 0 Å².